The van der Waals surface area contributed by atoms with Gasteiger partial charge in [-0.25, -0.2) is 19.2 Å². The van der Waals surface area contributed by atoms with Crippen molar-refractivity contribution in [2.24, 2.45) is 5.41 Å². The van der Waals surface area contributed by atoms with Gasteiger partial charge in [0, 0.05) is 12.0 Å². The van der Waals surface area contributed by atoms with E-state index in [4.69, 9.17) is 4.74 Å². The third-order valence-corrected chi connectivity index (χ3v) is 4.99. The van der Waals surface area contributed by atoms with Crippen molar-refractivity contribution in [2.75, 3.05) is 0 Å². The van der Waals surface area contributed by atoms with Crippen LogP contribution < -0.4 is 5.32 Å². The maximum atomic E-state index is 13.1. The van der Waals surface area contributed by atoms with E-state index in [2.05, 4.69) is 15.3 Å². The highest BCUT2D eigenvalue weighted by atomic mass is 19.1. The monoisotopic (exact) mass is 429 g/mol. The van der Waals surface area contributed by atoms with Gasteiger partial charge in [-0.1, -0.05) is 18.2 Å². The van der Waals surface area contributed by atoms with Crippen LogP contribution in [0.3, 0.4) is 0 Å². The molecule has 1 amide bonds. The molecule has 1 aromatic carbocycles. The quantitative estimate of drug-likeness (QED) is 0.749. The van der Waals surface area contributed by atoms with Gasteiger partial charge in [0.15, 0.2) is 17.4 Å². The molecule has 1 aliphatic carbocycles. The lowest BCUT2D eigenvalue weighted by Crippen LogP contribution is -2.42. The highest BCUT2D eigenvalue weighted by Gasteiger charge is 2.50. The number of hydrogen-bond acceptors (Lipinski definition) is 6. The Bertz CT molecular complexity index is 1000. The number of Topliss-reactive ketones (excluding diaryl/α,β-unsaturated/α-hetero) is 1. The van der Waals surface area contributed by atoms with Crippen LogP contribution in [0, 0.1) is 11.2 Å². The van der Waals surface area contributed by atoms with Crippen molar-refractivity contribution in [3.8, 4) is 11.4 Å². The van der Waals surface area contributed by atoms with Crippen LogP contribution in [0.25, 0.3) is 11.4 Å². The van der Waals surface area contributed by atoms with Crippen molar-refractivity contribution in [1.82, 2.24) is 15.3 Å². The first-order valence-corrected chi connectivity index (χ1v) is 9.80. The minimum atomic E-state index is -1.36. The highest BCUT2D eigenvalue weighted by Crippen LogP contribution is 2.40. The Morgan fingerprint density at radius 3 is 2.58 bits per heavy atom. The summed E-state index contributed by atoms with van der Waals surface area (Å²) in [4.78, 5) is 44.6. The zero-order valence-corrected chi connectivity index (χ0v) is 17.5. The van der Waals surface area contributed by atoms with Crippen LogP contribution in [-0.2, 0) is 20.7 Å². The third-order valence-electron chi connectivity index (χ3n) is 4.99. The van der Waals surface area contributed by atoms with Crippen molar-refractivity contribution in [1.29, 1.82) is 0 Å². The molecular weight excluding hydrogens is 405 g/mol. The molecule has 0 radical (unpaired) electrons. The van der Waals surface area contributed by atoms with E-state index in [1.54, 1.807) is 45.0 Å². The second kappa shape index (κ2) is 8.41. The summed E-state index contributed by atoms with van der Waals surface area (Å²) in [5.74, 6) is -1.72. The van der Waals surface area contributed by atoms with Gasteiger partial charge in [-0.3, -0.25) is 9.59 Å². The van der Waals surface area contributed by atoms with Gasteiger partial charge in [0.1, 0.15) is 5.60 Å². The van der Waals surface area contributed by atoms with Crippen LogP contribution in [-0.4, -0.2) is 44.6 Å². The van der Waals surface area contributed by atoms with Crippen molar-refractivity contribution in [2.45, 2.75) is 51.7 Å². The second-order valence-corrected chi connectivity index (χ2v) is 8.73. The van der Waals surface area contributed by atoms with E-state index in [9.17, 15) is 23.9 Å². The normalized spacial score (nSPS) is 21.0. The van der Waals surface area contributed by atoms with Gasteiger partial charge >= 0.3 is 12.1 Å². The van der Waals surface area contributed by atoms with Gasteiger partial charge in [-0.15, -0.1) is 0 Å². The summed E-state index contributed by atoms with van der Waals surface area (Å²) < 4.78 is 18.3. The zero-order chi connectivity index (χ0) is 22.8. The fraction of sp³-hybridized carbons (Fsp3) is 0.409. The van der Waals surface area contributed by atoms with Crippen LogP contribution >= 0.6 is 0 Å². The average Bonchev–Trinajstić information content (AvgIpc) is 2.97. The molecule has 0 saturated heterocycles. The molecule has 1 heterocycles. The molecule has 2 atom stereocenters. The number of amides is 1. The molecule has 1 fully saturated rings. The van der Waals surface area contributed by atoms with E-state index in [0.29, 0.717) is 17.0 Å². The number of benzene rings is 1. The van der Waals surface area contributed by atoms with Crippen LogP contribution in [0.5, 0.6) is 0 Å². The molecule has 0 unspecified atom stereocenters. The smallest absolute Gasteiger partial charge is 0.408 e. The summed E-state index contributed by atoms with van der Waals surface area (Å²) in [5, 5.41) is 12.4. The Balaban J connectivity index is 1.79. The van der Waals surface area contributed by atoms with Crippen LogP contribution in [0.4, 0.5) is 9.18 Å². The van der Waals surface area contributed by atoms with Gasteiger partial charge in [0.25, 0.3) is 0 Å². The molecule has 0 bridgehead atoms. The maximum absolute atomic E-state index is 13.1. The Morgan fingerprint density at radius 2 is 1.97 bits per heavy atom. The number of hydrogen-bond donors (Lipinski definition) is 2. The molecule has 2 N–H and O–H groups in total. The molecular formula is C22H24FN3O5. The maximum Gasteiger partial charge on any atom is 0.408 e. The number of carbonyl (C=O) groups excluding carboxylic acids is 2. The van der Waals surface area contributed by atoms with E-state index < -0.39 is 34.9 Å². The van der Waals surface area contributed by atoms with Crippen LogP contribution in [0.2, 0.25) is 0 Å². The van der Waals surface area contributed by atoms with Crippen molar-refractivity contribution in [3.05, 3.63) is 48.0 Å². The lowest BCUT2D eigenvalue weighted by molar-refractivity contribution is -0.149. The molecule has 9 heteroatoms. The van der Waals surface area contributed by atoms with Gasteiger partial charge in [-0.2, -0.15) is 0 Å². The molecule has 164 valence electrons. The number of alkyl carbamates (subject to hydrolysis) is 1. The Labute approximate surface area is 178 Å². The van der Waals surface area contributed by atoms with Crippen LogP contribution in [0.15, 0.2) is 36.7 Å². The lowest BCUT2D eigenvalue weighted by Gasteiger charge is -2.25. The fourth-order valence-electron chi connectivity index (χ4n) is 3.66. The standard InChI is InChI=1S/C22H24FN3O5/c1-21(2,3)31-20(30)26-16-9-22(19(28)29,10-17(16)27)8-13-5-4-6-14(7-13)18-24-11-15(23)12-25-18/h4-7,11-12,16H,8-10H2,1-3H3,(H,26,30)(H,28,29)/t16-,22-/m1/s1. The summed E-state index contributed by atoms with van der Waals surface area (Å²) >= 11 is 0. The first-order chi connectivity index (χ1) is 14.5. The molecule has 1 aliphatic rings. The fourth-order valence-corrected chi connectivity index (χ4v) is 3.66. The van der Waals surface area contributed by atoms with E-state index in [0.717, 1.165) is 12.4 Å². The van der Waals surface area contributed by atoms with Gasteiger partial charge < -0.3 is 15.2 Å². The number of halogens is 1. The minimum Gasteiger partial charge on any atom is -0.481 e. The topological polar surface area (TPSA) is 118 Å². The number of nitrogens with one attached hydrogen (secondary N) is 1. The van der Waals surface area contributed by atoms with Gasteiger partial charge in [0.2, 0.25) is 0 Å². The van der Waals surface area contributed by atoms with Crippen molar-refractivity contribution < 1.29 is 28.6 Å². The number of ether oxygens (including phenoxy) is 1. The number of ketones is 1. The predicted octanol–water partition coefficient (Wildman–Crippen LogP) is 3.15. The summed E-state index contributed by atoms with van der Waals surface area (Å²) in [5.41, 5.74) is -0.832. The van der Waals surface area contributed by atoms with E-state index in [1.165, 1.54) is 0 Å². The summed E-state index contributed by atoms with van der Waals surface area (Å²) in [6.07, 6.45) is 1.17. The van der Waals surface area contributed by atoms with E-state index in [1.807, 2.05) is 0 Å². The third kappa shape index (κ3) is 5.42. The summed E-state index contributed by atoms with van der Waals surface area (Å²) in [6.45, 7) is 5.09. The Hall–Kier alpha value is -3.36. The van der Waals surface area contributed by atoms with E-state index in [-0.39, 0.29) is 25.0 Å². The summed E-state index contributed by atoms with van der Waals surface area (Å²) in [7, 11) is 0. The highest BCUT2D eigenvalue weighted by molar-refractivity contribution is 5.95. The number of carbonyl (C=O) groups is 3. The van der Waals surface area contributed by atoms with Crippen molar-refractivity contribution in [3.63, 3.8) is 0 Å². The molecule has 1 aromatic heterocycles. The second-order valence-electron chi connectivity index (χ2n) is 8.73. The number of rotatable bonds is 5. The zero-order valence-electron chi connectivity index (χ0n) is 17.5. The number of aliphatic carboxylic acids is 1. The molecule has 31 heavy (non-hydrogen) atoms. The number of aromatic nitrogens is 2. The lowest BCUT2D eigenvalue weighted by atomic mass is 9.79. The largest absolute Gasteiger partial charge is 0.481 e. The average molecular weight is 429 g/mol. The first-order valence-electron chi connectivity index (χ1n) is 9.80. The molecule has 8 nitrogen and oxygen atoms in total. The number of carboxylic acids is 1. The number of carboxylic acid groups (broad SMARTS) is 1. The SMILES string of the molecule is CC(C)(C)OC(=O)N[C@@H]1C[C@@](Cc2cccc(-c3ncc(F)cn3)c2)(C(=O)O)CC1=O. The summed E-state index contributed by atoms with van der Waals surface area (Å²) in [6, 6.07) is 5.99. The minimum absolute atomic E-state index is 0.0440. The van der Waals surface area contributed by atoms with Gasteiger partial charge in [-0.05, 0) is 45.2 Å². The molecule has 0 aliphatic heterocycles. The van der Waals surface area contributed by atoms with Crippen LogP contribution in [0.1, 0.15) is 39.2 Å². The van der Waals surface area contributed by atoms with E-state index >= 15 is 0 Å². The first kappa shape index (κ1) is 22.3. The van der Waals surface area contributed by atoms with Crippen molar-refractivity contribution >= 4 is 17.8 Å². The Kier molecular flexibility index (Phi) is 6.06. The predicted molar refractivity (Wildman–Crippen MR) is 109 cm³/mol. The molecule has 1 saturated carbocycles. The molecule has 3 rings (SSSR count). The molecule has 0 spiro atoms. The molecule has 2 aromatic rings. The van der Waals surface area contributed by atoms with Gasteiger partial charge in [0.05, 0.1) is 23.9 Å². The Morgan fingerprint density at radius 1 is 1.29 bits per heavy atom. The number of nitrogens with zero attached hydrogens (tertiary/aromatic N) is 2.